The van der Waals surface area contributed by atoms with Crippen molar-refractivity contribution in [3.8, 4) is 0 Å². The Labute approximate surface area is 231 Å². The molecule has 0 spiro atoms. The van der Waals surface area contributed by atoms with E-state index in [9.17, 15) is 28.9 Å². The van der Waals surface area contributed by atoms with Gasteiger partial charge in [0.25, 0.3) is 0 Å². The smallest absolute Gasteiger partial charge is 0.414 e. The summed E-state index contributed by atoms with van der Waals surface area (Å²) in [6, 6.07) is 7.01. The van der Waals surface area contributed by atoms with Crippen LogP contribution < -0.4 is 4.90 Å². The molecule has 0 aliphatic rings. The van der Waals surface area contributed by atoms with Gasteiger partial charge in [0, 0.05) is 22.6 Å². The number of carbonyl (C=O) groups excluding carboxylic acids is 1. The summed E-state index contributed by atoms with van der Waals surface area (Å²) in [6.45, 7) is 9.26. The second-order valence-corrected chi connectivity index (χ2v) is 13.1. The summed E-state index contributed by atoms with van der Waals surface area (Å²) in [6.07, 6.45) is 4.20. The van der Waals surface area contributed by atoms with Gasteiger partial charge >= 0.3 is 13.7 Å². The third-order valence-electron chi connectivity index (χ3n) is 6.56. The van der Waals surface area contributed by atoms with Crippen LogP contribution in [0.1, 0.15) is 59.3 Å². The molecule has 214 valence electrons. The summed E-state index contributed by atoms with van der Waals surface area (Å²) in [5.41, 5.74) is 1.37. The van der Waals surface area contributed by atoms with Gasteiger partial charge in [-0.2, -0.15) is 0 Å². The van der Waals surface area contributed by atoms with Crippen molar-refractivity contribution < 1.29 is 33.7 Å². The number of unbranched alkanes of at least 4 members (excludes halogenated alkanes) is 2. The first-order valence-corrected chi connectivity index (χ1v) is 16.3. The Bertz CT molecular complexity index is 1070. The molecule has 0 bridgehead atoms. The standard InChI is InChI=1S/C25H40ClN3O7P2/c1-4-28(5-2)16-9-10-19(3)29(23-14-15-27-22-18-20(26)12-13-21(22)23)25(30)36-17-8-6-7-11-24(37(31)32)38(33,34)35/h12-15,18-19,24,31-32H,4-11,16-17H2,1-3H3,(H2,33,34,35). The summed E-state index contributed by atoms with van der Waals surface area (Å²) >= 11 is 6.15. The summed E-state index contributed by atoms with van der Waals surface area (Å²) < 4.78 is 17.0. The van der Waals surface area contributed by atoms with Gasteiger partial charge in [-0.05, 0) is 76.5 Å². The molecule has 38 heavy (non-hydrogen) atoms. The number of anilines is 1. The predicted octanol–water partition coefficient (Wildman–Crippen LogP) is 5.70. The van der Waals surface area contributed by atoms with Gasteiger partial charge in [-0.1, -0.05) is 38.3 Å². The first kappa shape index (κ1) is 32.9. The van der Waals surface area contributed by atoms with Gasteiger partial charge in [-0.25, -0.2) is 4.79 Å². The first-order chi connectivity index (χ1) is 18.0. The second kappa shape index (κ2) is 16.0. The van der Waals surface area contributed by atoms with E-state index < -0.39 is 27.5 Å². The molecule has 1 amide bonds. The fourth-order valence-corrected chi connectivity index (χ4v) is 6.54. The van der Waals surface area contributed by atoms with Crippen LogP contribution in [0.3, 0.4) is 0 Å². The Morgan fingerprint density at radius 3 is 2.45 bits per heavy atom. The Morgan fingerprint density at radius 2 is 1.82 bits per heavy atom. The molecule has 0 aliphatic carbocycles. The van der Waals surface area contributed by atoms with Crippen LogP contribution in [0, 0.1) is 0 Å². The van der Waals surface area contributed by atoms with Crippen molar-refractivity contribution in [1.82, 2.24) is 9.88 Å². The zero-order chi connectivity index (χ0) is 28.3. The van der Waals surface area contributed by atoms with E-state index in [0.29, 0.717) is 35.5 Å². The van der Waals surface area contributed by atoms with E-state index in [1.807, 2.05) is 13.0 Å². The first-order valence-electron chi connectivity index (χ1n) is 12.9. The molecule has 2 unspecified atom stereocenters. The largest absolute Gasteiger partial charge is 0.449 e. The van der Waals surface area contributed by atoms with Gasteiger partial charge in [0.2, 0.25) is 0 Å². The fourth-order valence-electron chi connectivity index (χ4n) is 4.36. The van der Waals surface area contributed by atoms with E-state index in [0.717, 1.165) is 37.9 Å². The number of nitrogens with zero attached hydrogens (tertiary/aromatic N) is 3. The SMILES string of the molecule is CCN(CC)CCCC(C)N(C(=O)OCCCCCC(P(O)O)P(=O)(O)O)c1ccnc2cc(Cl)ccc12. The highest BCUT2D eigenvalue weighted by atomic mass is 35.5. The normalized spacial score (nSPS) is 13.7. The monoisotopic (exact) mass is 591 g/mol. The zero-order valence-corrected chi connectivity index (χ0v) is 24.8. The number of rotatable bonds is 16. The van der Waals surface area contributed by atoms with Gasteiger partial charge in [0.15, 0.2) is 8.38 Å². The van der Waals surface area contributed by atoms with Crippen molar-refractivity contribution >= 4 is 50.3 Å². The highest BCUT2D eigenvalue weighted by molar-refractivity contribution is 7.67. The zero-order valence-electron chi connectivity index (χ0n) is 22.2. The lowest BCUT2D eigenvalue weighted by Crippen LogP contribution is -2.40. The molecule has 2 atom stereocenters. The minimum absolute atomic E-state index is 0.0157. The van der Waals surface area contributed by atoms with E-state index in [4.69, 9.17) is 16.3 Å². The third-order valence-corrected chi connectivity index (χ3v) is 10.1. The second-order valence-electron chi connectivity index (χ2n) is 9.23. The Hall–Kier alpha value is -1.35. The molecule has 0 saturated carbocycles. The van der Waals surface area contributed by atoms with Gasteiger partial charge in [-0.3, -0.25) is 14.4 Å². The lowest BCUT2D eigenvalue weighted by molar-refractivity contribution is 0.148. The number of amides is 1. The van der Waals surface area contributed by atoms with Gasteiger partial charge in [0.05, 0.1) is 17.8 Å². The van der Waals surface area contributed by atoms with Crippen molar-refractivity contribution in [3.63, 3.8) is 0 Å². The van der Waals surface area contributed by atoms with Crippen LogP contribution in [0.4, 0.5) is 10.5 Å². The highest BCUT2D eigenvalue weighted by Crippen LogP contribution is 2.57. The Kier molecular flexibility index (Phi) is 13.9. The molecule has 0 radical (unpaired) electrons. The van der Waals surface area contributed by atoms with Crippen molar-refractivity contribution in [2.75, 3.05) is 31.1 Å². The van der Waals surface area contributed by atoms with Crippen LogP contribution in [-0.2, 0) is 9.30 Å². The lowest BCUT2D eigenvalue weighted by atomic mass is 10.1. The number of hydrogen-bond acceptors (Lipinski definition) is 7. The van der Waals surface area contributed by atoms with Crippen LogP contribution in [0.15, 0.2) is 30.5 Å². The molecule has 4 N–H and O–H groups in total. The average Bonchev–Trinajstić information content (AvgIpc) is 2.85. The number of hydrogen-bond donors (Lipinski definition) is 4. The number of aromatic nitrogens is 1. The quantitative estimate of drug-likeness (QED) is 0.143. The fraction of sp³-hybridized carbons (Fsp3) is 0.600. The molecule has 1 aromatic heterocycles. The Balaban J connectivity index is 2.07. The van der Waals surface area contributed by atoms with Crippen LogP contribution in [-0.4, -0.2) is 73.2 Å². The van der Waals surface area contributed by atoms with E-state index in [1.165, 1.54) is 0 Å². The minimum atomic E-state index is -4.58. The number of halogens is 1. The van der Waals surface area contributed by atoms with E-state index in [2.05, 4.69) is 23.7 Å². The number of benzene rings is 1. The van der Waals surface area contributed by atoms with E-state index in [-0.39, 0.29) is 19.1 Å². The minimum Gasteiger partial charge on any atom is -0.449 e. The maximum atomic E-state index is 13.3. The number of ether oxygens (including phenoxy) is 1. The van der Waals surface area contributed by atoms with Gasteiger partial charge in [-0.15, -0.1) is 0 Å². The maximum absolute atomic E-state index is 13.3. The summed E-state index contributed by atoms with van der Waals surface area (Å²) in [5.74, 6) is 0. The lowest BCUT2D eigenvalue weighted by Gasteiger charge is -2.30. The van der Waals surface area contributed by atoms with Gasteiger partial charge in [0.1, 0.15) is 5.40 Å². The summed E-state index contributed by atoms with van der Waals surface area (Å²) in [7, 11) is -7.31. The van der Waals surface area contributed by atoms with Crippen molar-refractivity contribution in [2.24, 2.45) is 0 Å². The summed E-state index contributed by atoms with van der Waals surface area (Å²) in [4.78, 5) is 58.9. The molecular weight excluding hydrogens is 552 g/mol. The molecular formula is C25H40ClN3O7P2. The maximum Gasteiger partial charge on any atom is 0.414 e. The molecule has 13 heteroatoms. The van der Waals surface area contributed by atoms with Gasteiger partial charge < -0.3 is 29.2 Å². The number of carbonyl (C=O) groups is 1. The molecule has 2 rings (SSSR count). The van der Waals surface area contributed by atoms with Crippen molar-refractivity contribution in [2.45, 2.75) is 70.7 Å². The molecule has 1 aromatic carbocycles. The Morgan fingerprint density at radius 1 is 1.11 bits per heavy atom. The van der Waals surface area contributed by atoms with Crippen LogP contribution in [0.2, 0.25) is 5.02 Å². The topological polar surface area (TPSA) is 144 Å². The third kappa shape index (κ3) is 10.00. The van der Waals surface area contributed by atoms with Crippen LogP contribution in [0.25, 0.3) is 10.9 Å². The number of pyridine rings is 1. The number of fused-ring (bicyclic) bond motifs is 1. The molecule has 10 nitrogen and oxygen atoms in total. The highest BCUT2D eigenvalue weighted by Gasteiger charge is 2.34. The molecule has 2 aromatic rings. The molecule has 1 heterocycles. The van der Waals surface area contributed by atoms with E-state index >= 15 is 0 Å². The predicted molar refractivity (Wildman–Crippen MR) is 153 cm³/mol. The van der Waals surface area contributed by atoms with Crippen LogP contribution in [0.5, 0.6) is 0 Å². The van der Waals surface area contributed by atoms with E-state index in [1.54, 1.807) is 29.3 Å². The average molecular weight is 592 g/mol. The molecule has 0 aliphatic heterocycles. The van der Waals surface area contributed by atoms with Crippen molar-refractivity contribution in [1.29, 1.82) is 0 Å². The van der Waals surface area contributed by atoms with Crippen molar-refractivity contribution in [3.05, 3.63) is 35.5 Å². The molecule has 0 fully saturated rings. The summed E-state index contributed by atoms with van der Waals surface area (Å²) in [5, 5.41) is -0.113. The molecule has 0 saturated heterocycles. The van der Waals surface area contributed by atoms with Crippen LogP contribution >= 0.6 is 27.6 Å².